The van der Waals surface area contributed by atoms with E-state index in [-0.39, 0.29) is 43.8 Å². The number of hydrogen-bond donors (Lipinski definition) is 1. The molecule has 0 aromatic heterocycles. The Morgan fingerprint density at radius 2 is 1.69 bits per heavy atom. The average molecular weight is 686 g/mol. The molecule has 0 radical (unpaired) electrons. The first-order chi connectivity index (χ1) is 23.5. The number of fused-ring (bicyclic) bond motifs is 2. The Balaban J connectivity index is 1.29. The normalized spacial score (nSPS) is 24.2. The highest BCUT2D eigenvalue weighted by atomic mass is 28.4. The van der Waals surface area contributed by atoms with Crippen molar-refractivity contribution in [3.8, 4) is 0 Å². The molecular formula is C39H48FN3O5Si. The summed E-state index contributed by atoms with van der Waals surface area (Å²) in [6.45, 7) is 6.33. The Kier molecular flexibility index (Phi) is 10.4. The predicted octanol–water partition coefficient (Wildman–Crippen LogP) is 6.72. The molecule has 1 spiro atoms. The van der Waals surface area contributed by atoms with Crippen molar-refractivity contribution in [1.29, 1.82) is 0 Å². The van der Waals surface area contributed by atoms with Gasteiger partial charge in [0.1, 0.15) is 0 Å². The van der Waals surface area contributed by atoms with Gasteiger partial charge in [-0.1, -0.05) is 80.4 Å². The van der Waals surface area contributed by atoms with Crippen molar-refractivity contribution >= 4 is 37.5 Å². The van der Waals surface area contributed by atoms with Crippen LogP contribution in [0.1, 0.15) is 62.1 Å². The fourth-order valence-corrected chi connectivity index (χ4v) is 10.8. The van der Waals surface area contributed by atoms with E-state index in [9.17, 15) is 19.5 Å². The first-order valence-corrected chi connectivity index (χ1v) is 20.6. The number of aliphatic hydroxyl groups is 1. The van der Waals surface area contributed by atoms with Gasteiger partial charge in [-0.2, -0.15) is 0 Å². The molecule has 3 amide bonds. The Labute approximate surface area is 290 Å². The summed E-state index contributed by atoms with van der Waals surface area (Å²) in [6, 6.07) is 24.9. The molecule has 2 saturated heterocycles. The van der Waals surface area contributed by atoms with Gasteiger partial charge >= 0.3 is 0 Å². The summed E-state index contributed by atoms with van der Waals surface area (Å²) in [5.74, 6) is -0.913. The summed E-state index contributed by atoms with van der Waals surface area (Å²) in [6.07, 6.45) is 3.65. The largest absolute Gasteiger partial charge is 0.395 e. The molecule has 0 saturated carbocycles. The number of hydrogen-bond acceptors (Lipinski definition) is 5. The molecule has 0 aliphatic carbocycles. The molecule has 4 atom stereocenters. The molecule has 6 rings (SSSR count). The maximum absolute atomic E-state index is 16.4. The molecule has 3 aliphatic heterocycles. The molecule has 1 N–H and O–H groups in total. The third kappa shape index (κ3) is 6.96. The maximum Gasteiger partial charge on any atom is 0.264 e. The molecule has 2 fully saturated rings. The molecule has 260 valence electrons. The number of halogens is 1. The topological polar surface area (TPSA) is 90.4 Å². The van der Waals surface area contributed by atoms with Crippen LogP contribution in [0.25, 0.3) is 0 Å². The highest BCUT2D eigenvalue weighted by molar-refractivity contribution is 6.72. The van der Waals surface area contributed by atoms with Crippen LogP contribution < -0.4 is 9.80 Å². The summed E-state index contributed by atoms with van der Waals surface area (Å²) >= 11 is 0. The number of carbonyl (C=O) groups is 3. The summed E-state index contributed by atoms with van der Waals surface area (Å²) in [7, 11) is -3.48. The van der Waals surface area contributed by atoms with E-state index in [4.69, 9.17) is 4.74 Å². The van der Waals surface area contributed by atoms with E-state index >= 15 is 4.11 Å². The smallest absolute Gasteiger partial charge is 0.264 e. The monoisotopic (exact) mass is 685 g/mol. The third-order valence-electron chi connectivity index (χ3n) is 10.6. The quantitative estimate of drug-likeness (QED) is 0.189. The van der Waals surface area contributed by atoms with Gasteiger partial charge < -0.3 is 28.7 Å². The number of rotatable bonds is 10. The van der Waals surface area contributed by atoms with E-state index in [1.165, 1.54) is 0 Å². The molecule has 3 aromatic carbocycles. The number of amides is 3. The Morgan fingerprint density at radius 3 is 2.45 bits per heavy atom. The van der Waals surface area contributed by atoms with Gasteiger partial charge in [-0.3, -0.25) is 14.4 Å². The lowest BCUT2D eigenvalue weighted by atomic mass is 9.82. The van der Waals surface area contributed by atoms with Crippen LogP contribution in [-0.4, -0.2) is 61.9 Å². The number of ether oxygens (including phenoxy) is 1. The SMILES string of the molecule is C[C@@H]1[C@@H]([Si](C)(C)F)[C@H](CC(=O)N(CCO)Cc2ccccc2)O[C@@]12C(=O)N(Cc1cccc(N3CCCCCCC3=O)c1)c1ccccc12. The molecule has 3 aliphatic rings. The van der Waals surface area contributed by atoms with Crippen LogP contribution in [0.4, 0.5) is 15.5 Å². The Hall–Kier alpha value is -3.86. The fraction of sp³-hybridized carbons (Fsp3) is 0.462. The van der Waals surface area contributed by atoms with Crippen LogP contribution in [0, 0.1) is 5.92 Å². The minimum Gasteiger partial charge on any atom is -0.395 e. The molecule has 0 unspecified atom stereocenters. The van der Waals surface area contributed by atoms with Crippen LogP contribution in [0.2, 0.25) is 18.6 Å². The van der Waals surface area contributed by atoms with Crippen LogP contribution in [0.5, 0.6) is 0 Å². The van der Waals surface area contributed by atoms with Crippen LogP contribution in [-0.2, 0) is 37.8 Å². The average Bonchev–Trinajstić information content (AvgIpc) is 3.49. The van der Waals surface area contributed by atoms with E-state index in [0.29, 0.717) is 30.8 Å². The number of nitrogens with zero attached hydrogens (tertiary/aromatic N) is 3. The minimum atomic E-state index is -3.48. The van der Waals surface area contributed by atoms with Gasteiger partial charge in [-0.05, 0) is 55.3 Å². The summed E-state index contributed by atoms with van der Waals surface area (Å²) < 4.78 is 23.2. The Morgan fingerprint density at radius 1 is 0.980 bits per heavy atom. The number of para-hydroxylation sites is 1. The lowest BCUT2D eigenvalue weighted by Gasteiger charge is -2.31. The molecule has 49 heavy (non-hydrogen) atoms. The standard InChI is InChI=1S/C39H48FN3O5Si/c1-28-37(49(2,3)40)34(25-36(46)41(22-23-44)26-29-14-7-6-8-15-29)48-39(28)32-18-10-11-19-33(32)43(38(39)47)27-30-16-13-17-31(24-30)42-21-12-5-4-9-20-35(42)45/h6-8,10-11,13-19,24,28,34,37,44H,4-5,9,12,20-23,25-27H2,1-3H3/t28-,34+,37-,39+/m1/s1. The molecule has 3 aromatic rings. The van der Waals surface area contributed by atoms with Gasteiger partial charge in [-0.15, -0.1) is 0 Å². The second-order valence-corrected chi connectivity index (χ2v) is 18.1. The van der Waals surface area contributed by atoms with Gasteiger partial charge in [0.05, 0.1) is 31.4 Å². The summed E-state index contributed by atoms with van der Waals surface area (Å²) in [5.41, 5.74) is 1.97. The fourth-order valence-electron chi connectivity index (χ4n) is 8.31. The van der Waals surface area contributed by atoms with Crippen molar-refractivity contribution in [1.82, 2.24) is 4.90 Å². The van der Waals surface area contributed by atoms with Crippen LogP contribution in [0.3, 0.4) is 0 Å². The molecule has 3 heterocycles. The van der Waals surface area contributed by atoms with E-state index < -0.39 is 31.6 Å². The Bertz CT molecular complexity index is 1670. The summed E-state index contributed by atoms with van der Waals surface area (Å²) in [4.78, 5) is 46.8. The molecule has 8 nitrogen and oxygen atoms in total. The maximum atomic E-state index is 16.4. The third-order valence-corrected chi connectivity index (χ3v) is 13.0. The zero-order chi connectivity index (χ0) is 34.8. The van der Waals surface area contributed by atoms with Crippen LogP contribution >= 0.6 is 0 Å². The summed E-state index contributed by atoms with van der Waals surface area (Å²) in [5, 5.41) is 9.79. The first kappa shape index (κ1) is 35.0. The van der Waals surface area contributed by atoms with Gasteiger partial charge in [-0.25, -0.2) is 0 Å². The second kappa shape index (κ2) is 14.5. The molecule has 10 heteroatoms. The van der Waals surface area contributed by atoms with Crippen molar-refractivity contribution in [3.05, 3.63) is 95.6 Å². The van der Waals surface area contributed by atoms with Crippen LogP contribution in [0.15, 0.2) is 78.9 Å². The van der Waals surface area contributed by atoms with Gasteiger partial charge in [0, 0.05) is 48.8 Å². The van der Waals surface area contributed by atoms with Crippen molar-refractivity contribution in [2.45, 2.75) is 88.9 Å². The van der Waals surface area contributed by atoms with E-state index in [0.717, 1.165) is 42.5 Å². The van der Waals surface area contributed by atoms with Gasteiger partial charge in [0.15, 0.2) is 5.60 Å². The zero-order valence-electron chi connectivity index (χ0n) is 28.8. The lowest BCUT2D eigenvalue weighted by Crippen LogP contribution is -2.45. The van der Waals surface area contributed by atoms with Crippen molar-refractivity contribution in [2.75, 3.05) is 29.5 Å². The number of carbonyl (C=O) groups excluding carboxylic acids is 3. The highest BCUT2D eigenvalue weighted by Crippen LogP contribution is 2.60. The number of benzene rings is 3. The van der Waals surface area contributed by atoms with E-state index in [1.807, 2.05) is 90.7 Å². The van der Waals surface area contributed by atoms with Crippen molar-refractivity contribution in [2.24, 2.45) is 5.92 Å². The predicted molar refractivity (Wildman–Crippen MR) is 191 cm³/mol. The van der Waals surface area contributed by atoms with Crippen molar-refractivity contribution < 1.29 is 28.3 Å². The first-order valence-electron chi connectivity index (χ1n) is 17.6. The zero-order valence-corrected chi connectivity index (χ0v) is 29.8. The lowest BCUT2D eigenvalue weighted by molar-refractivity contribution is -0.150. The van der Waals surface area contributed by atoms with Crippen molar-refractivity contribution in [3.63, 3.8) is 0 Å². The van der Waals surface area contributed by atoms with Gasteiger partial charge in [0.2, 0.25) is 20.2 Å². The molecular weight excluding hydrogens is 638 g/mol. The second-order valence-electron chi connectivity index (χ2n) is 14.3. The highest BCUT2D eigenvalue weighted by Gasteiger charge is 2.67. The van der Waals surface area contributed by atoms with E-state index in [1.54, 1.807) is 22.9 Å². The van der Waals surface area contributed by atoms with E-state index in [2.05, 4.69) is 0 Å². The number of aliphatic hydroxyl groups excluding tert-OH is 1. The number of anilines is 2. The minimum absolute atomic E-state index is 0.0920. The molecule has 0 bridgehead atoms. The van der Waals surface area contributed by atoms with Gasteiger partial charge in [0.25, 0.3) is 5.91 Å².